The van der Waals surface area contributed by atoms with Crippen LogP contribution in [0.2, 0.25) is 0 Å². The van der Waals surface area contributed by atoms with Crippen molar-refractivity contribution >= 4 is 23.8 Å². The summed E-state index contributed by atoms with van der Waals surface area (Å²) >= 11 is 0. The van der Waals surface area contributed by atoms with Crippen molar-refractivity contribution in [1.29, 1.82) is 0 Å². The number of halogens is 4. The topological polar surface area (TPSA) is 210 Å². The average molecular weight is 1140 g/mol. The Morgan fingerprint density at radius 1 is 0.568 bits per heavy atom. The van der Waals surface area contributed by atoms with Gasteiger partial charge in [-0.1, -0.05) is 129 Å². The molecule has 8 N–H and O–H groups in total. The number of nitrogens with one attached hydrogen (secondary N) is 3. The van der Waals surface area contributed by atoms with Gasteiger partial charge < -0.3 is 46.5 Å². The van der Waals surface area contributed by atoms with Gasteiger partial charge in [-0.15, -0.1) is 0 Å². The third-order valence-corrected chi connectivity index (χ3v) is 15.4. The number of amides is 1. The summed E-state index contributed by atoms with van der Waals surface area (Å²) in [5.74, 6) is -4.70. The number of aliphatic hydroxyl groups is 2. The number of carbonyl (C=O) groups is 4. The lowest BCUT2D eigenvalue weighted by molar-refractivity contribution is -0.142. The molecule has 448 valence electrons. The number of aliphatic carboxylic acids is 1. The van der Waals surface area contributed by atoms with E-state index in [4.69, 9.17) is 10.8 Å². The molecule has 2 saturated carbocycles. The summed E-state index contributed by atoms with van der Waals surface area (Å²) in [5, 5.41) is 40.3. The van der Waals surface area contributed by atoms with Crippen LogP contribution in [-0.4, -0.2) is 90.7 Å². The molecule has 0 unspecified atom stereocenters. The average Bonchev–Trinajstić information content (AvgIpc) is 3.52. The molecule has 0 heterocycles. The first-order valence-corrected chi connectivity index (χ1v) is 28.6. The first-order valence-electron chi connectivity index (χ1n) is 28.6. The highest BCUT2D eigenvalue weighted by Crippen LogP contribution is 2.40. The zero-order chi connectivity index (χ0) is 60.0. The van der Waals surface area contributed by atoms with E-state index in [1.165, 1.54) is 67.2 Å². The van der Waals surface area contributed by atoms with Crippen LogP contribution in [0.1, 0.15) is 178 Å². The number of benzene rings is 4. The molecule has 4 atom stereocenters. The van der Waals surface area contributed by atoms with Gasteiger partial charge >= 0.3 is 17.9 Å². The number of rotatable bonds is 23. The van der Waals surface area contributed by atoms with Gasteiger partial charge in [-0.2, -0.15) is 0 Å². The summed E-state index contributed by atoms with van der Waals surface area (Å²) in [6.45, 7) is 13.7. The van der Waals surface area contributed by atoms with Gasteiger partial charge in [0.25, 0.3) is 0 Å². The minimum Gasteiger partial charge on any atom is -0.481 e. The second kappa shape index (κ2) is 32.2. The summed E-state index contributed by atoms with van der Waals surface area (Å²) < 4.78 is 63.7. The molecule has 4 aromatic carbocycles. The van der Waals surface area contributed by atoms with Crippen LogP contribution in [0.25, 0.3) is 0 Å². The highest BCUT2D eigenvalue weighted by molar-refractivity contribution is 5.77. The minimum absolute atomic E-state index is 0.00510. The lowest BCUT2D eigenvalue weighted by atomic mass is 9.74. The van der Waals surface area contributed by atoms with Crippen molar-refractivity contribution in [2.75, 3.05) is 27.3 Å². The molecule has 0 saturated heterocycles. The zero-order valence-electron chi connectivity index (χ0n) is 48.9. The van der Waals surface area contributed by atoms with Crippen LogP contribution in [0.15, 0.2) is 84.9 Å². The molecule has 13 nitrogen and oxygen atoms in total. The third-order valence-electron chi connectivity index (χ3n) is 15.4. The van der Waals surface area contributed by atoms with Gasteiger partial charge in [0, 0.05) is 68.0 Å². The largest absolute Gasteiger partial charge is 0.481 e. The van der Waals surface area contributed by atoms with E-state index in [1.54, 1.807) is 0 Å². The molecule has 1 amide bonds. The molecule has 17 heteroatoms. The number of carboxylic acids is 1. The van der Waals surface area contributed by atoms with Crippen molar-refractivity contribution in [2.24, 2.45) is 5.73 Å². The number of methoxy groups -OCH3 is 2. The van der Waals surface area contributed by atoms with Crippen LogP contribution in [0.5, 0.6) is 0 Å². The maximum absolute atomic E-state index is 13.9. The Labute approximate surface area is 477 Å². The Hall–Kier alpha value is -5.72. The zero-order valence-corrected chi connectivity index (χ0v) is 48.9. The predicted molar refractivity (Wildman–Crippen MR) is 307 cm³/mol. The van der Waals surface area contributed by atoms with Crippen LogP contribution in [0.4, 0.5) is 17.6 Å². The van der Waals surface area contributed by atoms with Crippen molar-refractivity contribution in [2.45, 2.75) is 203 Å². The second-order valence-electron chi connectivity index (χ2n) is 23.9. The summed E-state index contributed by atoms with van der Waals surface area (Å²) in [5.41, 5.74) is 11.5. The number of aliphatic hydroxyl groups excluding tert-OH is 2. The number of carboxylic acid groups (broad SMARTS) is 1. The maximum atomic E-state index is 13.9. The molecule has 0 aromatic heterocycles. The second-order valence-corrected chi connectivity index (χ2v) is 23.9. The van der Waals surface area contributed by atoms with E-state index in [9.17, 15) is 47.0 Å². The number of carbonyl (C=O) groups excluding carboxylic acids is 3. The molecule has 0 aliphatic heterocycles. The number of hydrogen-bond acceptors (Lipinski definition) is 11. The molecule has 81 heavy (non-hydrogen) atoms. The van der Waals surface area contributed by atoms with Crippen molar-refractivity contribution in [3.63, 3.8) is 0 Å². The van der Waals surface area contributed by atoms with Gasteiger partial charge in [0.15, 0.2) is 0 Å². The van der Waals surface area contributed by atoms with Gasteiger partial charge in [-0.3, -0.25) is 19.2 Å². The standard InChI is InChI=1S/C32H44F2N2O4.C26H36F2N2O.C6H10O4/c1-31(2,3)23-10-8-11-24(19-23)32(14-6-5-7-15-32)35-21-28(37)27(18-22-16-25(33)20-26(34)17-22)36-29(38)12-9-13-30(39)40-4;1-25(2,3)19-8-7-9-20(15-19)26(10-5-4-6-11-26)30-17-24(31)23(29)14-18-12-21(27)16-22(28)13-18;1-10-6(9)4-2-3-5(7)8/h8,10-11,16-17,19-20,27-28,35,37H,5-7,9,12-15,18,21H2,1-4H3,(H,36,38);7-9,12-13,15-16,23-24,30-31H,4-6,10-11,14,17,29H2,1-3H3;2-4H2,1H3,(H,7,8)/t27-,28+;23-,24+;/m00./s1. The van der Waals surface area contributed by atoms with Crippen LogP contribution < -0.4 is 21.7 Å². The number of hydrogen-bond donors (Lipinski definition) is 7. The molecule has 2 aliphatic carbocycles. The van der Waals surface area contributed by atoms with Crippen LogP contribution in [0.3, 0.4) is 0 Å². The molecule has 2 fully saturated rings. The summed E-state index contributed by atoms with van der Waals surface area (Å²) in [6, 6.07) is 22.5. The van der Waals surface area contributed by atoms with Gasteiger partial charge in [-0.05, 0) is 120 Å². The van der Waals surface area contributed by atoms with Crippen molar-refractivity contribution < 1.29 is 61.5 Å². The molecule has 0 spiro atoms. The van der Waals surface area contributed by atoms with Crippen molar-refractivity contribution in [3.05, 3.63) is 142 Å². The fourth-order valence-electron chi connectivity index (χ4n) is 10.6. The molecule has 0 radical (unpaired) electrons. The lowest BCUT2D eigenvalue weighted by Crippen LogP contribution is -2.53. The summed E-state index contributed by atoms with van der Waals surface area (Å²) in [7, 11) is 2.57. The van der Waals surface area contributed by atoms with E-state index in [0.29, 0.717) is 30.5 Å². The number of esters is 2. The van der Waals surface area contributed by atoms with Gasteiger partial charge in [0.2, 0.25) is 5.91 Å². The fraction of sp³-hybridized carbons (Fsp3) is 0.562. The maximum Gasteiger partial charge on any atom is 0.305 e. The van der Waals surface area contributed by atoms with Crippen LogP contribution in [-0.2, 0) is 63.4 Å². The van der Waals surface area contributed by atoms with E-state index in [0.717, 1.165) is 69.9 Å². The smallest absolute Gasteiger partial charge is 0.305 e. The highest BCUT2D eigenvalue weighted by Gasteiger charge is 2.37. The molecular formula is C64H90F4N4O9. The Morgan fingerprint density at radius 2 is 0.963 bits per heavy atom. The summed E-state index contributed by atoms with van der Waals surface area (Å²) in [6.07, 6.45) is 10.1. The first kappa shape index (κ1) is 67.8. The van der Waals surface area contributed by atoms with E-state index in [1.807, 2.05) is 0 Å². The lowest BCUT2D eigenvalue weighted by Gasteiger charge is -2.41. The monoisotopic (exact) mass is 1130 g/mol. The Morgan fingerprint density at radius 3 is 1.36 bits per heavy atom. The van der Waals surface area contributed by atoms with E-state index in [2.05, 4.69) is 115 Å². The van der Waals surface area contributed by atoms with Crippen molar-refractivity contribution in [3.8, 4) is 0 Å². The molecule has 2 aliphatic rings. The number of ether oxygens (including phenoxy) is 2. The molecule has 4 aromatic rings. The minimum atomic E-state index is -1.03. The van der Waals surface area contributed by atoms with Crippen LogP contribution >= 0.6 is 0 Å². The molecule has 0 bridgehead atoms. The molecule has 6 rings (SSSR count). The number of nitrogens with two attached hydrogens (primary N) is 1. The first-order chi connectivity index (χ1) is 38.2. The quantitative estimate of drug-likeness (QED) is 0.0273. The Kier molecular flexibility index (Phi) is 27.0. The Balaban J connectivity index is 0.000000304. The Bertz CT molecular complexity index is 2590. The molecular weight excluding hydrogens is 1040 g/mol. The van der Waals surface area contributed by atoms with Crippen molar-refractivity contribution in [1.82, 2.24) is 16.0 Å². The van der Waals surface area contributed by atoms with E-state index < -0.39 is 59.5 Å². The van der Waals surface area contributed by atoms with E-state index in [-0.39, 0.29) is 78.9 Å². The van der Waals surface area contributed by atoms with Gasteiger partial charge in [0.05, 0.1) is 32.5 Å². The summed E-state index contributed by atoms with van der Waals surface area (Å²) in [4.78, 5) is 44.4. The third kappa shape index (κ3) is 22.9. The predicted octanol–water partition coefficient (Wildman–Crippen LogP) is 10.8. The van der Waals surface area contributed by atoms with Gasteiger partial charge in [0.1, 0.15) is 23.3 Å². The SMILES string of the molecule is CC(C)(C)c1cccc(C2(NC[C@@H](O)[C@@H](N)Cc3cc(F)cc(F)c3)CCCCC2)c1.COC(=O)CCCC(=O)N[C@@H](Cc1cc(F)cc(F)c1)[C@H](O)CNC1(c2cccc(C(C)(C)C)c2)CCCCC1.COC(=O)CCCC(=O)O. The van der Waals surface area contributed by atoms with Crippen LogP contribution in [0, 0.1) is 23.3 Å². The fourth-order valence-corrected chi connectivity index (χ4v) is 10.6. The van der Waals surface area contributed by atoms with E-state index >= 15 is 0 Å². The normalized spacial score (nSPS) is 16.4. The van der Waals surface area contributed by atoms with Gasteiger partial charge in [-0.25, -0.2) is 17.6 Å². The highest BCUT2D eigenvalue weighted by atomic mass is 19.1.